The van der Waals surface area contributed by atoms with Crippen molar-refractivity contribution in [2.24, 2.45) is 5.41 Å². The highest BCUT2D eigenvalue weighted by atomic mass is 32.1. The summed E-state index contributed by atoms with van der Waals surface area (Å²) >= 11 is 1.53. The number of hydrogen-bond donors (Lipinski definition) is 1. The van der Waals surface area contributed by atoms with E-state index in [9.17, 15) is 0 Å². The van der Waals surface area contributed by atoms with E-state index in [0.717, 1.165) is 12.2 Å². The molecular formula is C13H25N3S. The molecule has 0 fully saturated rings. The van der Waals surface area contributed by atoms with E-state index in [0.29, 0.717) is 6.04 Å². The fourth-order valence-electron chi connectivity index (χ4n) is 1.90. The van der Waals surface area contributed by atoms with Crippen LogP contribution in [0, 0.1) is 5.41 Å². The smallest absolute Gasteiger partial charge is 0.0857 e. The maximum atomic E-state index is 4.33. The molecule has 0 saturated heterocycles. The normalized spacial score (nSPS) is 15.0. The second-order valence-corrected chi connectivity index (χ2v) is 7.38. The van der Waals surface area contributed by atoms with Gasteiger partial charge in [-0.05, 0) is 23.5 Å². The zero-order chi connectivity index (χ0) is 13.3. The van der Waals surface area contributed by atoms with Gasteiger partial charge in [0.05, 0.1) is 10.6 Å². The molecule has 0 aliphatic heterocycles. The summed E-state index contributed by atoms with van der Waals surface area (Å²) in [6, 6.07) is 0.321. The van der Waals surface area contributed by atoms with Gasteiger partial charge in [0.2, 0.25) is 0 Å². The molecule has 3 nitrogen and oxygen atoms in total. The van der Waals surface area contributed by atoms with Crippen LogP contribution in [-0.4, -0.2) is 16.1 Å². The number of hydrogen-bond acceptors (Lipinski definition) is 4. The van der Waals surface area contributed by atoms with Gasteiger partial charge >= 0.3 is 0 Å². The maximum absolute atomic E-state index is 4.33. The molecule has 17 heavy (non-hydrogen) atoms. The van der Waals surface area contributed by atoms with E-state index in [1.54, 1.807) is 0 Å². The van der Waals surface area contributed by atoms with Crippen LogP contribution in [0.15, 0.2) is 0 Å². The first-order valence-electron chi connectivity index (χ1n) is 6.24. The van der Waals surface area contributed by atoms with Crippen LogP contribution in [0.4, 0.5) is 0 Å². The van der Waals surface area contributed by atoms with Gasteiger partial charge in [-0.15, -0.1) is 5.10 Å². The van der Waals surface area contributed by atoms with Crippen LogP contribution in [0.3, 0.4) is 0 Å². The Balaban J connectivity index is 3.16. The van der Waals surface area contributed by atoms with Crippen molar-refractivity contribution in [3.05, 3.63) is 10.6 Å². The topological polar surface area (TPSA) is 37.8 Å². The van der Waals surface area contributed by atoms with Gasteiger partial charge in [0.1, 0.15) is 0 Å². The molecule has 1 atom stereocenters. The minimum absolute atomic E-state index is 0.0568. The van der Waals surface area contributed by atoms with E-state index in [2.05, 4.69) is 63.4 Å². The predicted molar refractivity (Wildman–Crippen MR) is 74.5 cm³/mol. The Morgan fingerprint density at radius 2 is 1.76 bits per heavy atom. The zero-order valence-corrected chi connectivity index (χ0v) is 12.9. The molecule has 0 amide bonds. The summed E-state index contributed by atoms with van der Waals surface area (Å²) in [6.45, 7) is 16.5. The van der Waals surface area contributed by atoms with Gasteiger partial charge in [0.25, 0.3) is 0 Å². The monoisotopic (exact) mass is 255 g/mol. The average Bonchev–Trinajstić information content (AvgIpc) is 2.59. The van der Waals surface area contributed by atoms with Crippen molar-refractivity contribution in [3.63, 3.8) is 0 Å². The summed E-state index contributed by atoms with van der Waals surface area (Å²) in [6.07, 6.45) is 0. The van der Waals surface area contributed by atoms with Crippen molar-refractivity contribution in [2.75, 3.05) is 6.54 Å². The lowest BCUT2D eigenvalue weighted by atomic mass is 9.81. The molecular weight excluding hydrogens is 230 g/mol. The quantitative estimate of drug-likeness (QED) is 0.898. The summed E-state index contributed by atoms with van der Waals surface area (Å²) in [5.41, 5.74) is 1.36. The zero-order valence-electron chi connectivity index (χ0n) is 12.1. The van der Waals surface area contributed by atoms with Crippen LogP contribution >= 0.6 is 11.5 Å². The van der Waals surface area contributed by atoms with E-state index in [4.69, 9.17) is 0 Å². The summed E-state index contributed by atoms with van der Waals surface area (Å²) < 4.78 is 4.16. The number of nitrogens with one attached hydrogen (secondary N) is 1. The third-order valence-electron chi connectivity index (χ3n) is 2.76. The van der Waals surface area contributed by atoms with Crippen molar-refractivity contribution in [1.29, 1.82) is 0 Å². The molecule has 1 aromatic heterocycles. The molecule has 0 bridgehead atoms. The van der Waals surface area contributed by atoms with Crippen LogP contribution in [0.2, 0.25) is 0 Å². The second-order valence-electron chi connectivity index (χ2n) is 6.59. The Bertz CT molecular complexity index is 357. The highest BCUT2D eigenvalue weighted by Gasteiger charge is 2.33. The van der Waals surface area contributed by atoms with Gasteiger partial charge in [0.15, 0.2) is 0 Å². The fourth-order valence-corrected chi connectivity index (χ4v) is 3.09. The molecule has 4 heteroatoms. The Morgan fingerprint density at radius 1 is 1.18 bits per heavy atom. The first-order chi connectivity index (χ1) is 7.68. The fraction of sp³-hybridized carbons (Fsp3) is 0.846. The lowest BCUT2D eigenvalue weighted by Gasteiger charge is -2.32. The Kier molecular flexibility index (Phi) is 4.31. The molecule has 1 unspecified atom stereocenters. The van der Waals surface area contributed by atoms with E-state index >= 15 is 0 Å². The van der Waals surface area contributed by atoms with Gasteiger partial charge in [-0.2, -0.15) is 0 Å². The molecule has 0 radical (unpaired) electrons. The molecule has 1 N–H and O–H groups in total. The van der Waals surface area contributed by atoms with Crippen molar-refractivity contribution >= 4 is 11.5 Å². The van der Waals surface area contributed by atoms with Crippen LogP contribution < -0.4 is 5.32 Å². The molecule has 0 aliphatic carbocycles. The molecule has 0 aromatic carbocycles. The van der Waals surface area contributed by atoms with E-state index in [1.165, 1.54) is 16.4 Å². The van der Waals surface area contributed by atoms with Gasteiger partial charge in [0, 0.05) is 11.5 Å². The first kappa shape index (κ1) is 14.6. The van der Waals surface area contributed by atoms with Gasteiger partial charge in [-0.3, -0.25) is 0 Å². The van der Waals surface area contributed by atoms with Crippen LogP contribution in [0.25, 0.3) is 0 Å². The standard InChI is InChI=1S/C13H25N3S/c1-8-14-10(12(2,3)4)9-11(13(5,6)7)15-16-17-9/h10,14H,8H2,1-7H3. The van der Waals surface area contributed by atoms with Gasteiger partial charge in [-0.25, -0.2) is 0 Å². The minimum atomic E-state index is 0.0568. The van der Waals surface area contributed by atoms with Gasteiger partial charge in [-0.1, -0.05) is 53.0 Å². The van der Waals surface area contributed by atoms with E-state index < -0.39 is 0 Å². The number of aromatic nitrogens is 2. The van der Waals surface area contributed by atoms with E-state index in [-0.39, 0.29) is 10.8 Å². The number of nitrogens with zero attached hydrogens (tertiary/aromatic N) is 2. The van der Waals surface area contributed by atoms with Crippen LogP contribution in [0.1, 0.15) is 65.1 Å². The van der Waals surface area contributed by atoms with Crippen LogP contribution in [0.5, 0.6) is 0 Å². The summed E-state index contributed by atoms with van der Waals surface area (Å²) in [5.74, 6) is 0. The van der Waals surface area contributed by atoms with Crippen LogP contribution in [-0.2, 0) is 5.41 Å². The highest BCUT2D eigenvalue weighted by Crippen LogP contribution is 2.39. The highest BCUT2D eigenvalue weighted by molar-refractivity contribution is 7.05. The van der Waals surface area contributed by atoms with Crippen molar-refractivity contribution < 1.29 is 0 Å². The minimum Gasteiger partial charge on any atom is -0.309 e. The summed E-state index contributed by atoms with van der Waals surface area (Å²) in [7, 11) is 0. The molecule has 1 heterocycles. The van der Waals surface area contributed by atoms with Gasteiger partial charge < -0.3 is 5.32 Å². The summed E-state index contributed by atoms with van der Waals surface area (Å²) in [5, 5.41) is 7.90. The Hall–Kier alpha value is -0.480. The molecule has 0 aliphatic rings. The first-order valence-corrected chi connectivity index (χ1v) is 7.01. The molecule has 98 valence electrons. The Labute approximate surface area is 109 Å². The Morgan fingerprint density at radius 3 is 2.18 bits per heavy atom. The summed E-state index contributed by atoms with van der Waals surface area (Å²) in [4.78, 5) is 1.28. The predicted octanol–water partition coefficient (Wildman–Crippen LogP) is 3.53. The van der Waals surface area contributed by atoms with E-state index in [1.807, 2.05) is 0 Å². The van der Waals surface area contributed by atoms with Crippen molar-refractivity contribution in [1.82, 2.24) is 14.9 Å². The maximum Gasteiger partial charge on any atom is 0.0857 e. The molecule has 1 aromatic rings. The third-order valence-corrected chi connectivity index (χ3v) is 3.55. The SMILES string of the molecule is CCNC(c1snnc1C(C)(C)C)C(C)(C)C. The number of rotatable bonds is 3. The lowest BCUT2D eigenvalue weighted by molar-refractivity contribution is 0.277. The second kappa shape index (κ2) is 5.02. The average molecular weight is 255 g/mol. The molecule has 0 saturated carbocycles. The lowest BCUT2D eigenvalue weighted by Crippen LogP contribution is -2.33. The van der Waals surface area contributed by atoms with Crippen molar-refractivity contribution in [3.8, 4) is 0 Å². The largest absolute Gasteiger partial charge is 0.309 e. The molecule has 1 rings (SSSR count). The van der Waals surface area contributed by atoms with Crippen molar-refractivity contribution in [2.45, 2.75) is 59.9 Å². The third kappa shape index (κ3) is 3.49. The molecule has 0 spiro atoms.